The van der Waals surface area contributed by atoms with Gasteiger partial charge in [0.05, 0.1) is 0 Å². The van der Waals surface area contributed by atoms with E-state index in [2.05, 4.69) is 20.8 Å². The van der Waals surface area contributed by atoms with E-state index in [-0.39, 0.29) is 0 Å². The van der Waals surface area contributed by atoms with E-state index >= 15 is 0 Å². The summed E-state index contributed by atoms with van der Waals surface area (Å²) in [7, 11) is 0.373. The lowest BCUT2D eigenvalue weighted by atomic mass is 10.1. The predicted molar refractivity (Wildman–Crippen MR) is 122 cm³/mol. The Morgan fingerprint density at radius 2 is 0.600 bits per heavy atom. The highest BCUT2D eigenvalue weighted by Crippen LogP contribution is 2.39. The first-order chi connectivity index (χ1) is 12.3. The van der Waals surface area contributed by atoms with Gasteiger partial charge in [0, 0.05) is 0 Å². The maximum absolute atomic E-state index is 2.36. The second-order valence-corrected chi connectivity index (χ2v) is 10.8. The van der Waals surface area contributed by atoms with Crippen molar-refractivity contribution in [3.8, 4) is 0 Å². The van der Waals surface area contributed by atoms with Crippen LogP contribution in [0.3, 0.4) is 0 Å². The first-order valence-electron chi connectivity index (χ1n) is 12.1. The number of hydrogen-bond donors (Lipinski definition) is 0. The molecule has 0 saturated heterocycles. The molecular weight excluding hydrogens is 319 g/mol. The van der Waals surface area contributed by atoms with E-state index in [0.29, 0.717) is 7.92 Å². The fourth-order valence-electron chi connectivity index (χ4n) is 3.66. The molecule has 0 aromatic carbocycles. The Kier molecular flexibility index (Phi) is 22.9. The molecular formula is C24H51P. The minimum atomic E-state index is 0.373. The van der Waals surface area contributed by atoms with Crippen LogP contribution in [0.15, 0.2) is 0 Å². The quantitative estimate of drug-likeness (QED) is 0.139. The summed E-state index contributed by atoms with van der Waals surface area (Å²) in [6.45, 7) is 6.98. The molecule has 0 fully saturated rings. The van der Waals surface area contributed by atoms with Crippen LogP contribution in [0, 0.1) is 0 Å². The smallest absolute Gasteiger partial charge is 0.0326 e. The minimum Gasteiger partial charge on any atom is -0.107 e. The van der Waals surface area contributed by atoms with Crippen LogP contribution >= 0.6 is 7.92 Å². The molecule has 1 heteroatoms. The van der Waals surface area contributed by atoms with Crippen LogP contribution in [0.25, 0.3) is 0 Å². The summed E-state index contributed by atoms with van der Waals surface area (Å²) in [5.41, 5.74) is 0. The molecule has 0 aliphatic heterocycles. The maximum atomic E-state index is 2.36. The van der Waals surface area contributed by atoms with Crippen LogP contribution in [0.1, 0.15) is 136 Å². The minimum absolute atomic E-state index is 0.373. The van der Waals surface area contributed by atoms with Crippen LogP contribution < -0.4 is 0 Å². The molecule has 0 radical (unpaired) electrons. The van der Waals surface area contributed by atoms with Gasteiger partial charge in [0.15, 0.2) is 0 Å². The molecule has 0 spiro atoms. The van der Waals surface area contributed by atoms with E-state index in [9.17, 15) is 0 Å². The molecule has 0 atom stereocenters. The van der Waals surface area contributed by atoms with Gasteiger partial charge in [0.25, 0.3) is 0 Å². The molecule has 0 bridgehead atoms. The second-order valence-electron chi connectivity index (χ2n) is 8.14. The van der Waals surface area contributed by atoms with Gasteiger partial charge < -0.3 is 0 Å². The molecule has 0 aromatic rings. The average Bonchev–Trinajstić information content (AvgIpc) is 2.63. The van der Waals surface area contributed by atoms with Crippen LogP contribution in [0.4, 0.5) is 0 Å². The van der Waals surface area contributed by atoms with E-state index in [1.165, 1.54) is 116 Å². The molecule has 0 saturated carbocycles. The van der Waals surface area contributed by atoms with E-state index in [4.69, 9.17) is 0 Å². The third-order valence-corrected chi connectivity index (χ3v) is 8.33. The molecule has 0 N–H and O–H groups in total. The van der Waals surface area contributed by atoms with Gasteiger partial charge in [-0.2, -0.15) is 0 Å². The van der Waals surface area contributed by atoms with Crippen molar-refractivity contribution < 1.29 is 0 Å². The van der Waals surface area contributed by atoms with Crippen molar-refractivity contribution in [1.82, 2.24) is 0 Å². The van der Waals surface area contributed by atoms with Gasteiger partial charge in [0.1, 0.15) is 0 Å². The van der Waals surface area contributed by atoms with Gasteiger partial charge in [-0.3, -0.25) is 0 Å². The molecule has 0 nitrogen and oxygen atoms in total. The summed E-state index contributed by atoms with van der Waals surface area (Å²) in [4.78, 5) is 0. The standard InChI is InChI=1S/C24H51P/c1-4-7-10-12-14-16-18-20-23-25(22-9-6-3)24-21-19-17-15-13-11-8-5-2/h4-24H2,1-3H3. The lowest BCUT2D eigenvalue weighted by Crippen LogP contribution is -1.96. The molecule has 0 amide bonds. The fourth-order valence-corrected chi connectivity index (χ4v) is 6.43. The van der Waals surface area contributed by atoms with Gasteiger partial charge >= 0.3 is 0 Å². The van der Waals surface area contributed by atoms with E-state index < -0.39 is 0 Å². The summed E-state index contributed by atoms with van der Waals surface area (Å²) in [5, 5.41) is 0. The van der Waals surface area contributed by atoms with Crippen molar-refractivity contribution in [3.63, 3.8) is 0 Å². The summed E-state index contributed by atoms with van der Waals surface area (Å²) in [5.74, 6) is 0. The number of hydrogen-bond acceptors (Lipinski definition) is 0. The summed E-state index contributed by atoms with van der Waals surface area (Å²) >= 11 is 0. The van der Waals surface area contributed by atoms with Crippen molar-refractivity contribution in [2.24, 2.45) is 0 Å². The lowest BCUT2D eigenvalue weighted by Gasteiger charge is -2.17. The Balaban J connectivity index is 3.54. The Hall–Kier alpha value is 0.430. The van der Waals surface area contributed by atoms with Crippen molar-refractivity contribution in [1.29, 1.82) is 0 Å². The van der Waals surface area contributed by atoms with Crippen LogP contribution in [0.2, 0.25) is 0 Å². The normalized spacial score (nSPS) is 11.5. The highest BCUT2D eigenvalue weighted by atomic mass is 31.1. The Morgan fingerprint density at radius 3 is 0.960 bits per heavy atom. The molecule has 0 aliphatic carbocycles. The van der Waals surface area contributed by atoms with Gasteiger partial charge in [-0.1, -0.05) is 117 Å². The molecule has 152 valence electrons. The van der Waals surface area contributed by atoms with Gasteiger partial charge in [0.2, 0.25) is 0 Å². The maximum Gasteiger partial charge on any atom is -0.0326 e. The Morgan fingerprint density at radius 1 is 0.320 bits per heavy atom. The van der Waals surface area contributed by atoms with E-state index in [1.807, 2.05) is 0 Å². The summed E-state index contributed by atoms with van der Waals surface area (Å²) < 4.78 is 0. The molecule has 25 heavy (non-hydrogen) atoms. The summed E-state index contributed by atoms with van der Waals surface area (Å²) in [6, 6.07) is 0. The number of rotatable bonds is 21. The SMILES string of the molecule is CCCCCCCCCCP(CCCC)CCCCCCCCCC. The topological polar surface area (TPSA) is 0 Å². The third kappa shape index (κ3) is 20.6. The Labute approximate surface area is 163 Å². The summed E-state index contributed by atoms with van der Waals surface area (Å²) in [6.07, 6.45) is 31.2. The molecule has 0 aromatic heterocycles. The molecule has 0 rings (SSSR count). The highest BCUT2D eigenvalue weighted by Gasteiger charge is 2.07. The van der Waals surface area contributed by atoms with Gasteiger partial charge in [-0.25, -0.2) is 0 Å². The fraction of sp³-hybridized carbons (Fsp3) is 1.00. The average molecular weight is 371 g/mol. The van der Waals surface area contributed by atoms with Crippen molar-refractivity contribution >= 4 is 7.92 Å². The zero-order chi connectivity index (χ0) is 18.4. The third-order valence-electron chi connectivity index (χ3n) is 5.48. The highest BCUT2D eigenvalue weighted by molar-refractivity contribution is 7.57. The molecule has 0 unspecified atom stereocenters. The zero-order valence-corrected chi connectivity index (χ0v) is 19.2. The Bertz CT molecular complexity index is 206. The predicted octanol–water partition coefficient (Wildman–Crippen LogP) is 9.55. The second kappa shape index (κ2) is 22.5. The zero-order valence-electron chi connectivity index (χ0n) is 18.3. The lowest BCUT2D eigenvalue weighted by molar-refractivity contribution is 0.583. The first-order valence-corrected chi connectivity index (χ1v) is 14.0. The molecule has 0 aliphatic rings. The number of unbranched alkanes of at least 4 members (excludes halogenated alkanes) is 15. The van der Waals surface area contributed by atoms with Gasteiger partial charge in [-0.15, -0.1) is 7.92 Å². The monoisotopic (exact) mass is 370 g/mol. The van der Waals surface area contributed by atoms with Crippen molar-refractivity contribution in [3.05, 3.63) is 0 Å². The largest absolute Gasteiger partial charge is 0.107 e. The van der Waals surface area contributed by atoms with Gasteiger partial charge in [-0.05, 0) is 37.7 Å². The van der Waals surface area contributed by atoms with Crippen molar-refractivity contribution in [2.45, 2.75) is 136 Å². The van der Waals surface area contributed by atoms with Crippen LogP contribution in [-0.2, 0) is 0 Å². The molecule has 0 heterocycles. The first kappa shape index (κ1) is 25.4. The van der Waals surface area contributed by atoms with Crippen LogP contribution in [0.5, 0.6) is 0 Å². The van der Waals surface area contributed by atoms with Crippen molar-refractivity contribution in [2.75, 3.05) is 18.5 Å². The van der Waals surface area contributed by atoms with Crippen LogP contribution in [-0.4, -0.2) is 18.5 Å². The van der Waals surface area contributed by atoms with E-state index in [1.54, 1.807) is 18.5 Å². The van der Waals surface area contributed by atoms with E-state index in [0.717, 1.165) is 0 Å².